The fourth-order valence-electron chi connectivity index (χ4n) is 2.10. The van der Waals surface area contributed by atoms with Gasteiger partial charge in [-0.15, -0.1) is 0 Å². The normalized spacial score (nSPS) is 10.7. The smallest absolute Gasteiger partial charge is 0.269 e. The van der Waals surface area contributed by atoms with Crippen molar-refractivity contribution in [1.82, 2.24) is 15.2 Å². The second-order valence-electron chi connectivity index (χ2n) is 5.45. The molecule has 5 nitrogen and oxygen atoms in total. The standard InChI is InChI=1S/C16H28N4O/c1-5-10-20(11-6-2)14-7-8-15(18-13-14)16(21)17-9-12-19(3)4/h7-8,13H,5-6,9-12H2,1-4H3,(H,17,21). The fourth-order valence-corrected chi connectivity index (χ4v) is 2.10. The largest absolute Gasteiger partial charge is 0.370 e. The Balaban J connectivity index is 2.61. The highest BCUT2D eigenvalue weighted by atomic mass is 16.1. The maximum absolute atomic E-state index is 12.0. The summed E-state index contributed by atoms with van der Waals surface area (Å²) in [6, 6.07) is 3.79. The van der Waals surface area contributed by atoms with Crippen LogP contribution >= 0.6 is 0 Å². The Labute approximate surface area is 128 Å². The van der Waals surface area contributed by atoms with Gasteiger partial charge in [0.2, 0.25) is 0 Å². The van der Waals surface area contributed by atoms with Gasteiger partial charge in [0.1, 0.15) is 5.69 Å². The van der Waals surface area contributed by atoms with Crippen LogP contribution in [-0.2, 0) is 0 Å². The zero-order valence-electron chi connectivity index (χ0n) is 13.7. The third-order valence-electron chi connectivity index (χ3n) is 3.18. The number of nitrogens with one attached hydrogen (secondary N) is 1. The molecule has 0 unspecified atom stereocenters. The molecule has 5 heteroatoms. The summed E-state index contributed by atoms with van der Waals surface area (Å²) in [6.45, 7) is 7.83. The highest BCUT2D eigenvalue weighted by Crippen LogP contribution is 2.14. The first kappa shape index (κ1) is 17.4. The van der Waals surface area contributed by atoms with Gasteiger partial charge in [-0.1, -0.05) is 13.8 Å². The van der Waals surface area contributed by atoms with E-state index in [-0.39, 0.29) is 5.91 Å². The van der Waals surface area contributed by atoms with E-state index in [0.29, 0.717) is 12.2 Å². The topological polar surface area (TPSA) is 48.5 Å². The summed E-state index contributed by atoms with van der Waals surface area (Å²) in [6.07, 6.45) is 4.01. The molecule has 118 valence electrons. The first-order valence-electron chi connectivity index (χ1n) is 7.72. The van der Waals surface area contributed by atoms with Crippen LogP contribution in [0.15, 0.2) is 18.3 Å². The molecule has 1 aromatic heterocycles. The van der Waals surface area contributed by atoms with E-state index in [1.54, 1.807) is 12.3 Å². The lowest BCUT2D eigenvalue weighted by molar-refractivity contribution is 0.0946. The summed E-state index contributed by atoms with van der Waals surface area (Å²) in [5.41, 5.74) is 1.56. The Morgan fingerprint density at radius 1 is 1.14 bits per heavy atom. The van der Waals surface area contributed by atoms with Gasteiger partial charge in [0.25, 0.3) is 5.91 Å². The molecule has 1 amide bonds. The van der Waals surface area contributed by atoms with Crippen LogP contribution in [0.3, 0.4) is 0 Å². The van der Waals surface area contributed by atoms with Crippen LogP contribution in [0.1, 0.15) is 37.2 Å². The second-order valence-corrected chi connectivity index (χ2v) is 5.45. The van der Waals surface area contributed by atoms with E-state index in [1.165, 1.54) is 0 Å². The van der Waals surface area contributed by atoms with Crippen molar-refractivity contribution in [2.24, 2.45) is 0 Å². The Morgan fingerprint density at radius 2 is 1.81 bits per heavy atom. The molecular formula is C16H28N4O. The molecule has 0 fully saturated rings. The zero-order chi connectivity index (χ0) is 15.7. The highest BCUT2D eigenvalue weighted by Gasteiger charge is 2.09. The second kappa shape index (κ2) is 9.34. The fraction of sp³-hybridized carbons (Fsp3) is 0.625. The monoisotopic (exact) mass is 292 g/mol. The molecule has 0 saturated carbocycles. The van der Waals surface area contributed by atoms with E-state index in [0.717, 1.165) is 38.2 Å². The number of likely N-dealkylation sites (N-methyl/N-ethyl adjacent to an activating group) is 1. The Hall–Kier alpha value is -1.62. The summed E-state index contributed by atoms with van der Waals surface area (Å²) in [4.78, 5) is 20.6. The number of carbonyl (C=O) groups excluding carboxylic acids is 1. The lowest BCUT2D eigenvalue weighted by Crippen LogP contribution is -2.32. The van der Waals surface area contributed by atoms with Crippen LogP contribution < -0.4 is 10.2 Å². The van der Waals surface area contributed by atoms with Crippen LogP contribution in [0, 0.1) is 0 Å². The Bertz CT molecular complexity index is 411. The van der Waals surface area contributed by atoms with E-state index in [1.807, 2.05) is 25.1 Å². The maximum atomic E-state index is 12.0. The number of hydrogen-bond acceptors (Lipinski definition) is 4. The molecule has 0 saturated heterocycles. The first-order chi connectivity index (χ1) is 10.1. The molecule has 0 bridgehead atoms. The van der Waals surface area contributed by atoms with Crippen LogP contribution in [0.25, 0.3) is 0 Å². The molecular weight excluding hydrogens is 264 g/mol. The number of aromatic nitrogens is 1. The summed E-state index contributed by atoms with van der Waals surface area (Å²) < 4.78 is 0. The Kier molecular flexibility index (Phi) is 7.75. The molecule has 0 spiro atoms. The first-order valence-corrected chi connectivity index (χ1v) is 7.72. The molecule has 0 aliphatic heterocycles. The van der Waals surface area contributed by atoms with E-state index < -0.39 is 0 Å². The van der Waals surface area contributed by atoms with Crippen molar-refractivity contribution < 1.29 is 4.79 Å². The summed E-state index contributed by atoms with van der Waals surface area (Å²) >= 11 is 0. The molecule has 21 heavy (non-hydrogen) atoms. The quantitative estimate of drug-likeness (QED) is 0.756. The van der Waals surface area contributed by atoms with Gasteiger partial charge in [-0.05, 0) is 39.1 Å². The number of pyridine rings is 1. The molecule has 1 aromatic rings. The number of anilines is 1. The predicted molar refractivity (Wildman–Crippen MR) is 87.9 cm³/mol. The number of nitrogens with zero attached hydrogens (tertiary/aromatic N) is 3. The van der Waals surface area contributed by atoms with Gasteiger partial charge < -0.3 is 15.1 Å². The van der Waals surface area contributed by atoms with Gasteiger partial charge >= 0.3 is 0 Å². The molecule has 1 N–H and O–H groups in total. The van der Waals surface area contributed by atoms with Crippen molar-refractivity contribution in [2.45, 2.75) is 26.7 Å². The lowest BCUT2D eigenvalue weighted by Gasteiger charge is -2.23. The maximum Gasteiger partial charge on any atom is 0.269 e. The van der Waals surface area contributed by atoms with Crippen LogP contribution in [0.4, 0.5) is 5.69 Å². The number of amides is 1. The van der Waals surface area contributed by atoms with Crippen molar-refractivity contribution >= 4 is 11.6 Å². The van der Waals surface area contributed by atoms with Crippen LogP contribution in [0.2, 0.25) is 0 Å². The van der Waals surface area contributed by atoms with Gasteiger partial charge in [0.15, 0.2) is 0 Å². The van der Waals surface area contributed by atoms with Gasteiger partial charge in [-0.3, -0.25) is 4.79 Å². The molecule has 1 rings (SSSR count). The molecule has 1 heterocycles. The SMILES string of the molecule is CCCN(CCC)c1ccc(C(=O)NCCN(C)C)nc1. The highest BCUT2D eigenvalue weighted by molar-refractivity contribution is 5.92. The third-order valence-corrected chi connectivity index (χ3v) is 3.18. The summed E-state index contributed by atoms with van der Waals surface area (Å²) in [7, 11) is 3.96. The molecule has 0 aromatic carbocycles. The molecule has 0 atom stereocenters. The van der Waals surface area contributed by atoms with Crippen molar-refractivity contribution in [3.63, 3.8) is 0 Å². The van der Waals surface area contributed by atoms with E-state index in [2.05, 4.69) is 29.0 Å². The Morgan fingerprint density at radius 3 is 2.29 bits per heavy atom. The minimum absolute atomic E-state index is 0.110. The number of carbonyl (C=O) groups is 1. The van der Waals surface area contributed by atoms with Gasteiger partial charge in [0.05, 0.1) is 11.9 Å². The third kappa shape index (κ3) is 6.12. The van der Waals surface area contributed by atoms with Crippen LogP contribution in [-0.4, -0.2) is 56.1 Å². The van der Waals surface area contributed by atoms with E-state index in [9.17, 15) is 4.79 Å². The lowest BCUT2D eigenvalue weighted by atomic mass is 10.2. The number of rotatable bonds is 9. The van der Waals surface area contributed by atoms with Gasteiger partial charge in [0, 0.05) is 26.2 Å². The van der Waals surface area contributed by atoms with E-state index >= 15 is 0 Å². The summed E-state index contributed by atoms with van der Waals surface area (Å²) in [5.74, 6) is -0.110. The van der Waals surface area contributed by atoms with Crippen molar-refractivity contribution in [1.29, 1.82) is 0 Å². The molecule has 0 aliphatic rings. The average molecular weight is 292 g/mol. The van der Waals surface area contributed by atoms with E-state index in [4.69, 9.17) is 0 Å². The molecule has 0 aliphatic carbocycles. The summed E-state index contributed by atoms with van der Waals surface area (Å²) in [5, 5.41) is 2.87. The van der Waals surface area contributed by atoms with Crippen molar-refractivity contribution in [3.8, 4) is 0 Å². The van der Waals surface area contributed by atoms with Crippen LogP contribution in [0.5, 0.6) is 0 Å². The minimum atomic E-state index is -0.110. The minimum Gasteiger partial charge on any atom is -0.370 e. The van der Waals surface area contributed by atoms with Gasteiger partial charge in [-0.25, -0.2) is 4.98 Å². The average Bonchev–Trinajstić information content (AvgIpc) is 2.47. The molecule has 0 radical (unpaired) electrons. The predicted octanol–water partition coefficient (Wildman–Crippen LogP) is 2.00. The van der Waals surface area contributed by atoms with Crippen molar-refractivity contribution in [2.75, 3.05) is 45.2 Å². The zero-order valence-corrected chi connectivity index (χ0v) is 13.7. The van der Waals surface area contributed by atoms with Crippen molar-refractivity contribution in [3.05, 3.63) is 24.0 Å². The number of hydrogen-bond donors (Lipinski definition) is 1. The van der Waals surface area contributed by atoms with Gasteiger partial charge in [-0.2, -0.15) is 0 Å².